The van der Waals surface area contributed by atoms with Gasteiger partial charge >= 0.3 is 6.03 Å². The van der Waals surface area contributed by atoms with Crippen LogP contribution in [0.3, 0.4) is 0 Å². The van der Waals surface area contributed by atoms with E-state index in [2.05, 4.69) is 10.2 Å². The number of hydrogen-bond acceptors (Lipinski definition) is 3. The first-order valence-corrected chi connectivity index (χ1v) is 9.70. The average Bonchev–Trinajstić information content (AvgIpc) is 2.70. The Morgan fingerprint density at radius 2 is 1.82 bits per heavy atom. The second-order valence-electron chi connectivity index (χ2n) is 7.08. The van der Waals surface area contributed by atoms with Gasteiger partial charge < -0.3 is 16.0 Å². The van der Waals surface area contributed by atoms with Crippen LogP contribution in [0.5, 0.6) is 0 Å². The van der Waals surface area contributed by atoms with Crippen LogP contribution >= 0.6 is 11.6 Å². The Bertz CT molecular complexity index is 813. The second kappa shape index (κ2) is 9.08. The van der Waals surface area contributed by atoms with E-state index >= 15 is 0 Å². The fourth-order valence-corrected chi connectivity index (χ4v) is 3.64. The monoisotopic (exact) mass is 400 g/mol. The molecule has 2 aromatic carbocycles. The number of carbonyl (C=O) groups excluding carboxylic acids is 2. The van der Waals surface area contributed by atoms with Crippen molar-refractivity contribution < 1.29 is 9.59 Å². The molecule has 0 saturated carbocycles. The van der Waals surface area contributed by atoms with Crippen LogP contribution in [0.2, 0.25) is 5.02 Å². The number of primary amides is 1. The fourth-order valence-electron chi connectivity index (χ4n) is 3.52. The molecule has 3 amide bonds. The second-order valence-corrected chi connectivity index (χ2v) is 7.51. The standard InChI is InChI=1S/C21H25ClN4O2/c1-15(24-20(27)17-5-3-2-4-6-17)19-14-26(21(23)28)12-11-25(19)13-16-7-9-18(22)10-8-16/h2-10,15,19H,11-14H2,1H3,(H2,23,28)(H,24,27). The number of carbonyl (C=O) groups is 2. The van der Waals surface area contributed by atoms with Gasteiger partial charge in [-0.3, -0.25) is 9.69 Å². The van der Waals surface area contributed by atoms with Crippen molar-refractivity contribution in [3.05, 3.63) is 70.7 Å². The summed E-state index contributed by atoms with van der Waals surface area (Å²) in [6, 6.07) is 16.2. The summed E-state index contributed by atoms with van der Waals surface area (Å²) in [4.78, 5) is 28.2. The quantitative estimate of drug-likeness (QED) is 0.809. The van der Waals surface area contributed by atoms with Crippen LogP contribution in [0.4, 0.5) is 4.79 Å². The SMILES string of the molecule is CC(NC(=O)c1ccccc1)C1CN(C(N)=O)CCN1Cc1ccc(Cl)cc1. The van der Waals surface area contributed by atoms with E-state index in [0.717, 1.165) is 5.56 Å². The van der Waals surface area contributed by atoms with Crippen LogP contribution in [0.15, 0.2) is 54.6 Å². The molecule has 3 N–H and O–H groups in total. The number of benzene rings is 2. The van der Waals surface area contributed by atoms with Crippen molar-refractivity contribution >= 4 is 23.5 Å². The Hall–Kier alpha value is -2.57. The van der Waals surface area contributed by atoms with Gasteiger partial charge in [-0.25, -0.2) is 4.79 Å². The maximum absolute atomic E-state index is 12.6. The van der Waals surface area contributed by atoms with E-state index in [1.54, 1.807) is 17.0 Å². The summed E-state index contributed by atoms with van der Waals surface area (Å²) < 4.78 is 0. The Kier molecular flexibility index (Phi) is 6.54. The minimum absolute atomic E-state index is 0.0513. The van der Waals surface area contributed by atoms with Gasteiger partial charge in [-0.1, -0.05) is 41.9 Å². The minimum atomic E-state index is -0.433. The Balaban J connectivity index is 1.73. The molecule has 2 unspecified atom stereocenters. The molecule has 0 bridgehead atoms. The molecule has 28 heavy (non-hydrogen) atoms. The molecule has 0 aliphatic carbocycles. The summed E-state index contributed by atoms with van der Waals surface area (Å²) in [5, 5.41) is 3.77. The number of urea groups is 1. The first-order chi connectivity index (χ1) is 13.4. The van der Waals surface area contributed by atoms with Crippen molar-refractivity contribution in [3.8, 4) is 0 Å². The summed E-state index contributed by atoms with van der Waals surface area (Å²) in [6.07, 6.45) is 0. The normalized spacial score (nSPS) is 18.5. The number of amides is 3. The minimum Gasteiger partial charge on any atom is -0.351 e. The summed E-state index contributed by atoms with van der Waals surface area (Å²) in [5.74, 6) is -0.129. The number of piperazine rings is 1. The van der Waals surface area contributed by atoms with E-state index < -0.39 is 6.03 Å². The predicted molar refractivity (Wildman–Crippen MR) is 110 cm³/mol. The predicted octanol–water partition coefficient (Wildman–Crippen LogP) is 2.72. The Morgan fingerprint density at radius 3 is 2.46 bits per heavy atom. The van der Waals surface area contributed by atoms with Gasteiger partial charge in [0.25, 0.3) is 5.91 Å². The highest BCUT2D eigenvalue weighted by Crippen LogP contribution is 2.19. The lowest BCUT2D eigenvalue weighted by atomic mass is 10.0. The largest absolute Gasteiger partial charge is 0.351 e. The van der Waals surface area contributed by atoms with Crippen molar-refractivity contribution in [1.29, 1.82) is 0 Å². The number of rotatable bonds is 5. The van der Waals surface area contributed by atoms with Crippen LogP contribution in [-0.2, 0) is 6.54 Å². The molecule has 3 rings (SSSR count). The lowest BCUT2D eigenvalue weighted by molar-refractivity contribution is 0.0629. The average molecular weight is 401 g/mol. The summed E-state index contributed by atoms with van der Waals surface area (Å²) >= 11 is 5.98. The molecule has 6 nitrogen and oxygen atoms in total. The fraction of sp³-hybridized carbons (Fsp3) is 0.333. The van der Waals surface area contributed by atoms with E-state index in [9.17, 15) is 9.59 Å². The first-order valence-electron chi connectivity index (χ1n) is 9.33. The zero-order valence-electron chi connectivity index (χ0n) is 15.8. The van der Waals surface area contributed by atoms with Crippen LogP contribution in [0.25, 0.3) is 0 Å². The molecule has 1 heterocycles. The topological polar surface area (TPSA) is 78.7 Å². The molecule has 0 aromatic heterocycles. The molecular weight excluding hydrogens is 376 g/mol. The molecule has 1 aliphatic rings. The molecule has 0 spiro atoms. The van der Waals surface area contributed by atoms with Gasteiger partial charge in [-0.2, -0.15) is 0 Å². The van der Waals surface area contributed by atoms with Gasteiger partial charge in [0.05, 0.1) is 0 Å². The van der Waals surface area contributed by atoms with Crippen molar-refractivity contribution in [2.75, 3.05) is 19.6 Å². The molecule has 148 valence electrons. The molecule has 7 heteroatoms. The molecule has 1 fully saturated rings. The van der Waals surface area contributed by atoms with Gasteiger partial charge in [0.1, 0.15) is 0 Å². The maximum atomic E-state index is 12.6. The third kappa shape index (κ3) is 5.03. The van der Waals surface area contributed by atoms with E-state index in [-0.39, 0.29) is 18.0 Å². The molecule has 1 saturated heterocycles. The highest BCUT2D eigenvalue weighted by Gasteiger charge is 2.33. The molecule has 1 aliphatic heterocycles. The van der Waals surface area contributed by atoms with E-state index in [1.807, 2.05) is 49.4 Å². The van der Waals surface area contributed by atoms with E-state index in [4.69, 9.17) is 17.3 Å². The Labute approximate surface area is 170 Å². The van der Waals surface area contributed by atoms with Crippen LogP contribution in [-0.4, -0.2) is 53.5 Å². The van der Waals surface area contributed by atoms with Crippen molar-refractivity contribution in [2.45, 2.75) is 25.6 Å². The third-order valence-corrected chi connectivity index (χ3v) is 5.37. The highest BCUT2D eigenvalue weighted by molar-refractivity contribution is 6.30. The van der Waals surface area contributed by atoms with Gasteiger partial charge in [-0.05, 0) is 36.8 Å². The van der Waals surface area contributed by atoms with E-state index in [0.29, 0.717) is 36.8 Å². The van der Waals surface area contributed by atoms with Crippen LogP contribution in [0.1, 0.15) is 22.8 Å². The zero-order chi connectivity index (χ0) is 20.1. The number of halogens is 1. The molecule has 2 aromatic rings. The number of nitrogens with two attached hydrogens (primary N) is 1. The lowest BCUT2D eigenvalue weighted by Crippen LogP contribution is -2.61. The number of nitrogens with zero attached hydrogens (tertiary/aromatic N) is 2. The molecular formula is C21H25ClN4O2. The van der Waals surface area contributed by atoms with Gasteiger partial charge in [0.15, 0.2) is 0 Å². The summed E-state index contributed by atoms with van der Waals surface area (Å²) in [6.45, 7) is 4.39. The summed E-state index contributed by atoms with van der Waals surface area (Å²) in [7, 11) is 0. The van der Waals surface area contributed by atoms with Crippen molar-refractivity contribution in [2.24, 2.45) is 5.73 Å². The molecule has 0 radical (unpaired) electrons. The van der Waals surface area contributed by atoms with Gasteiger partial charge in [0.2, 0.25) is 0 Å². The van der Waals surface area contributed by atoms with Gasteiger partial charge in [0, 0.05) is 48.8 Å². The van der Waals surface area contributed by atoms with Crippen LogP contribution < -0.4 is 11.1 Å². The van der Waals surface area contributed by atoms with Gasteiger partial charge in [-0.15, -0.1) is 0 Å². The van der Waals surface area contributed by atoms with Crippen molar-refractivity contribution in [1.82, 2.24) is 15.1 Å². The van der Waals surface area contributed by atoms with Crippen LogP contribution in [0, 0.1) is 0 Å². The Morgan fingerprint density at radius 1 is 1.14 bits per heavy atom. The number of nitrogens with one attached hydrogen (secondary N) is 1. The zero-order valence-corrected chi connectivity index (χ0v) is 16.6. The van der Waals surface area contributed by atoms with Crippen molar-refractivity contribution in [3.63, 3.8) is 0 Å². The number of hydrogen-bond donors (Lipinski definition) is 2. The summed E-state index contributed by atoms with van der Waals surface area (Å²) in [5.41, 5.74) is 7.24. The smallest absolute Gasteiger partial charge is 0.314 e. The maximum Gasteiger partial charge on any atom is 0.314 e. The van der Waals surface area contributed by atoms with E-state index in [1.165, 1.54) is 0 Å². The first kappa shape index (κ1) is 20.2. The third-order valence-electron chi connectivity index (χ3n) is 5.12. The molecule has 2 atom stereocenters. The lowest BCUT2D eigenvalue weighted by Gasteiger charge is -2.43. The highest BCUT2D eigenvalue weighted by atomic mass is 35.5.